The number of hydrogen-bond acceptors (Lipinski definition) is 5. The molecule has 0 radical (unpaired) electrons. The zero-order valence-electron chi connectivity index (χ0n) is 15.9. The van der Waals surface area contributed by atoms with E-state index in [4.69, 9.17) is 21.7 Å². The summed E-state index contributed by atoms with van der Waals surface area (Å²) < 4.78 is 12.7. The summed E-state index contributed by atoms with van der Waals surface area (Å²) in [5, 5.41) is 12.9. The van der Waals surface area contributed by atoms with Gasteiger partial charge in [0.1, 0.15) is 11.6 Å². The maximum Gasteiger partial charge on any atom is 0.265 e. The second-order valence-corrected chi connectivity index (χ2v) is 7.05. The van der Waals surface area contributed by atoms with E-state index < -0.39 is 0 Å². The number of hydrogen-bond donors (Lipinski definition) is 3. The molecule has 1 aromatic heterocycles. The Kier molecular flexibility index (Phi) is 5.86. The number of aromatic nitrogens is 2. The van der Waals surface area contributed by atoms with Crippen molar-refractivity contribution < 1.29 is 19.9 Å². The van der Waals surface area contributed by atoms with Crippen LogP contribution in [0.1, 0.15) is 42.5 Å². The van der Waals surface area contributed by atoms with Crippen LogP contribution in [-0.4, -0.2) is 35.4 Å². The molecule has 1 aromatic carbocycles. The molecular formula is C19H26N3O4S+. The van der Waals surface area contributed by atoms with Crippen molar-refractivity contribution in [1.82, 2.24) is 9.55 Å². The Morgan fingerprint density at radius 2 is 2.04 bits per heavy atom. The minimum Gasteiger partial charge on any atom is -0.494 e. The molecule has 146 valence electrons. The zero-order chi connectivity index (χ0) is 19.6. The van der Waals surface area contributed by atoms with E-state index in [1.807, 2.05) is 12.1 Å². The van der Waals surface area contributed by atoms with Crippen molar-refractivity contribution >= 4 is 12.2 Å². The summed E-state index contributed by atoms with van der Waals surface area (Å²) in [5.74, 6) is 1.21. The van der Waals surface area contributed by atoms with Gasteiger partial charge in [-0.05, 0) is 36.3 Å². The summed E-state index contributed by atoms with van der Waals surface area (Å²) in [7, 11) is 3.19. The lowest BCUT2D eigenvalue weighted by Crippen LogP contribution is -2.87. The fourth-order valence-electron chi connectivity index (χ4n) is 3.63. The smallest absolute Gasteiger partial charge is 0.265 e. The predicted molar refractivity (Wildman–Crippen MR) is 104 cm³/mol. The van der Waals surface area contributed by atoms with E-state index in [1.54, 1.807) is 18.8 Å². The van der Waals surface area contributed by atoms with Crippen LogP contribution in [0.2, 0.25) is 0 Å². The van der Waals surface area contributed by atoms with Gasteiger partial charge in [0.05, 0.1) is 20.8 Å². The van der Waals surface area contributed by atoms with Gasteiger partial charge in [-0.2, -0.15) is 0 Å². The Balaban J connectivity index is 2.17. The van der Waals surface area contributed by atoms with Gasteiger partial charge >= 0.3 is 0 Å². The highest BCUT2D eigenvalue weighted by atomic mass is 32.1. The second-order valence-electron chi connectivity index (χ2n) is 6.66. The average molecular weight is 393 g/mol. The third kappa shape index (κ3) is 3.59. The normalized spacial score (nSPS) is 16.0. The fraction of sp³-hybridized carbons (Fsp3) is 0.474. The first-order chi connectivity index (χ1) is 13.0. The molecule has 2 heterocycles. The number of H-pyrrole nitrogens is 1. The summed E-state index contributed by atoms with van der Waals surface area (Å²) in [6, 6.07) is 3.51. The van der Waals surface area contributed by atoms with Crippen LogP contribution in [-0.2, 0) is 13.0 Å². The van der Waals surface area contributed by atoms with Gasteiger partial charge in [-0.15, -0.1) is 0 Å². The summed E-state index contributed by atoms with van der Waals surface area (Å²) in [4.78, 5) is 15.4. The Labute approximate surface area is 163 Å². The van der Waals surface area contributed by atoms with Crippen molar-refractivity contribution in [3.8, 4) is 17.4 Å². The first-order valence-corrected chi connectivity index (χ1v) is 9.56. The van der Waals surface area contributed by atoms with Crippen LogP contribution < -0.4 is 20.3 Å². The third-order valence-corrected chi connectivity index (χ3v) is 5.37. The van der Waals surface area contributed by atoms with Crippen molar-refractivity contribution in [1.29, 1.82) is 0 Å². The van der Waals surface area contributed by atoms with Gasteiger partial charge in [0.15, 0.2) is 16.3 Å². The number of nitrogens with two attached hydrogens (primary N) is 1. The van der Waals surface area contributed by atoms with Crippen LogP contribution in [0.3, 0.4) is 0 Å². The highest BCUT2D eigenvalue weighted by Gasteiger charge is 2.32. The summed E-state index contributed by atoms with van der Waals surface area (Å²) in [5.41, 5.74) is 2.00. The summed E-state index contributed by atoms with van der Waals surface area (Å²) >= 11 is 5.25. The molecule has 0 amide bonds. The topological polar surface area (TPSA) is 93.1 Å². The molecule has 0 unspecified atom stereocenters. The molecule has 0 saturated carbocycles. The van der Waals surface area contributed by atoms with E-state index in [0.717, 1.165) is 36.9 Å². The number of methoxy groups -OCH3 is 2. The molecule has 7 nitrogen and oxygen atoms in total. The molecule has 2 aromatic rings. The van der Waals surface area contributed by atoms with Gasteiger partial charge in [-0.1, -0.05) is 13.3 Å². The van der Waals surface area contributed by atoms with E-state index >= 15 is 0 Å². The van der Waals surface area contributed by atoms with Crippen LogP contribution in [0.25, 0.3) is 0 Å². The lowest BCUT2D eigenvalue weighted by Gasteiger charge is -2.26. The van der Waals surface area contributed by atoms with E-state index in [-0.39, 0.29) is 22.3 Å². The number of quaternary nitrogens is 1. The lowest BCUT2D eigenvalue weighted by molar-refractivity contribution is -0.690. The molecule has 0 saturated heterocycles. The molecule has 27 heavy (non-hydrogen) atoms. The Bertz CT molecular complexity index is 951. The van der Waals surface area contributed by atoms with E-state index in [9.17, 15) is 9.90 Å². The number of unbranched alkanes of at least 4 members (excludes halogenated alkanes) is 1. The van der Waals surface area contributed by atoms with Crippen LogP contribution >= 0.6 is 12.2 Å². The zero-order valence-corrected chi connectivity index (χ0v) is 16.7. The number of benzene rings is 1. The van der Waals surface area contributed by atoms with Crippen molar-refractivity contribution in [2.45, 2.75) is 38.8 Å². The molecule has 1 aliphatic rings. The molecule has 0 bridgehead atoms. The summed E-state index contributed by atoms with van der Waals surface area (Å²) in [6.45, 7) is 3.44. The molecule has 4 N–H and O–H groups in total. The molecule has 1 aliphatic heterocycles. The van der Waals surface area contributed by atoms with Gasteiger partial charge in [-0.25, -0.2) is 0 Å². The molecule has 0 fully saturated rings. The van der Waals surface area contributed by atoms with Crippen LogP contribution in [0, 0.1) is 4.77 Å². The largest absolute Gasteiger partial charge is 0.494 e. The SMILES string of the molecule is CCCCn1c(O)c([C@H]2[NH2+]CCc3cc(OC)c(OC)cc32)c(=O)[nH]c1=S. The van der Waals surface area contributed by atoms with Crippen molar-refractivity contribution in [2.24, 2.45) is 0 Å². The number of fused-ring (bicyclic) bond motifs is 1. The molecule has 8 heteroatoms. The Morgan fingerprint density at radius 3 is 2.70 bits per heavy atom. The Hall–Kier alpha value is -2.32. The Morgan fingerprint density at radius 1 is 1.33 bits per heavy atom. The standard InChI is InChI=1S/C19H25N3O4S/c1-4-5-8-22-18(24)15(17(23)21-19(22)27)16-12-10-14(26-3)13(25-2)9-11(12)6-7-20-16/h9-10,16,20,24H,4-8H2,1-3H3,(H,21,23,27)/p+1/t16-/m0/s1. The minimum absolute atomic E-state index is 0.0546. The van der Waals surface area contributed by atoms with E-state index in [0.29, 0.717) is 23.6 Å². The average Bonchev–Trinajstić information content (AvgIpc) is 2.66. The maximum atomic E-state index is 12.7. The highest BCUT2D eigenvalue weighted by molar-refractivity contribution is 7.71. The van der Waals surface area contributed by atoms with Crippen molar-refractivity contribution in [3.63, 3.8) is 0 Å². The van der Waals surface area contributed by atoms with Gasteiger partial charge < -0.3 is 19.9 Å². The van der Waals surface area contributed by atoms with Crippen LogP contribution in [0.15, 0.2) is 16.9 Å². The van der Waals surface area contributed by atoms with Crippen molar-refractivity contribution in [3.05, 3.63) is 43.9 Å². The molecule has 0 spiro atoms. The number of nitrogens with zero attached hydrogens (tertiary/aromatic N) is 1. The molecule has 3 rings (SSSR count). The highest BCUT2D eigenvalue weighted by Crippen LogP contribution is 2.36. The minimum atomic E-state index is -0.353. The molecule has 0 aliphatic carbocycles. The fourth-order valence-corrected chi connectivity index (χ4v) is 3.90. The number of nitrogens with one attached hydrogen (secondary N) is 1. The monoisotopic (exact) mass is 392 g/mol. The van der Waals surface area contributed by atoms with Crippen LogP contribution in [0.5, 0.6) is 17.4 Å². The van der Waals surface area contributed by atoms with E-state index in [2.05, 4.69) is 17.2 Å². The van der Waals surface area contributed by atoms with Gasteiger partial charge in [-0.3, -0.25) is 14.3 Å². The second kappa shape index (κ2) is 8.14. The van der Waals surface area contributed by atoms with Crippen LogP contribution in [0.4, 0.5) is 0 Å². The molecular weight excluding hydrogens is 366 g/mol. The number of rotatable bonds is 6. The van der Waals surface area contributed by atoms with Crippen molar-refractivity contribution in [2.75, 3.05) is 20.8 Å². The van der Waals surface area contributed by atoms with Gasteiger partial charge in [0, 0.05) is 18.5 Å². The molecule has 1 atom stereocenters. The van der Waals surface area contributed by atoms with Gasteiger partial charge in [0.25, 0.3) is 5.56 Å². The third-order valence-electron chi connectivity index (χ3n) is 5.05. The van der Waals surface area contributed by atoms with Gasteiger partial charge in [0.2, 0.25) is 5.88 Å². The number of aromatic hydroxyl groups is 1. The maximum absolute atomic E-state index is 12.7. The number of aromatic amines is 1. The first kappa shape index (κ1) is 19.4. The quantitative estimate of drug-likeness (QED) is 0.650. The predicted octanol–water partition coefficient (Wildman–Crippen LogP) is 1.64. The number of ether oxygens (including phenoxy) is 2. The van der Waals surface area contributed by atoms with E-state index in [1.165, 1.54) is 0 Å². The first-order valence-electron chi connectivity index (χ1n) is 9.15. The lowest BCUT2D eigenvalue weighted by atomic mass is 9.90. The summed E-state index contributed by atoms with van der Waals surface area (Å²) in [6.07, 6.45) is 2.67.